The number of benzene rings is 1. The number of nitrogen functional groups attached to an aromatic ring is 1. The van der Waals surface area contributed by atoms with Crippen LogP contribution in [0.5, 0.6) is 0 Å². The van der Waals surface area contributed by atoms with Crippen LogP contribution < -0.4 is 5.73 Å². The first-order chi connectivity index (χ1) is 9.53. The molecule has 0 radical (unpaired) electrons. The van der Waals surface area contributed by atoms with Crippen LogP contribution in [0.2, 0.25) is 0 Å². The summed E-state index contributed by atoms with van der Waals surface area (Å²) in [5.74, 6) is 0.00236. The van der Waals surface area contributed by atoms with Crippen LogP contribution in [0.1, 0.15) is 31.2 Å². The van der Waals surface area contributed by atoms with Crippen molar-refractivity contribution in [2.45, 2.75) is 37.5 Å². The lowest BCUT2D eigenvalue weighted by molar-refractivity contribution is 0.347. The molecule has 0 spiro atoms. The highest BCUT2D eigenvalue weighted by molar-refractivity contribution is 7.88. The topological polar surface area (TPSA) is 63.4 Å². The lowest BCUT2D eigenvalue weighted by Gasteiger charge is -2.27. The van der Waals surface area contributed by atoms with Crippen LogP contribution >= 0.6 is 0 Å². The van der Waals surface area contributed by atoms with Crippen LogP contribution in [0, 0.1) is 0 Å². The molecule has 1 aliphatic carbocycles. The van der Waals surface area contributed by atoms with E-state index >= 15 is 0 Å². The standard InChI is InChI=1S/C15H22N2O2S/c1-2-10-17(15-8-3-4-9-15)20(18,19)12-13-6-5-7-14(16)11-13/h2,5-7,11,15H,1,3-4,8-10,12,16H2. The number of nitrogens with zero attached hydrogens (tertiary/aromatic N) is 1. The van der Waals surface area contributed by atoms with Crippen molar-refractivity contribution in [2.24, 2.45) is 0 Å². The summed E-state index contributed by atoms with van der Waals surface area (Å²) in [6.45, 7) is 4.06. The van der Waals surface area contributed by atoms with Crippen molar-refractivity contribution in [3.05, 3.63) is 42.5 Å². The zero-order valence-electron chi connectivity index (χ0n) is 11.7. The van der Waals surface area contributed by atoms with Crippen LogP contribution in [-0.4, -0.2) is 25.3 Å². The summed E-state index contributed by atoms with van der Waals surface area (Å²) in [5.41, 5.74) is 7.03. The highest BCUT2D eigenvalue weighted by Crippen LogP contribution is 2.27. The van der Waals surface area contributed by atoms with E-state index in [9.17, 15) is 8.42 Å². The smallest absolute Gasteiger partial charge is 0.218 e. The molecule has 0 bridgehead atoms. The molecule has 2 rings (SSSR count). The lowest BCUT2D eigenvalue weighted by Crippen LogP contribution is -2.39. The third-order valence-corrected chi connectivity index (χ3v) is 5.56. The Kier molecular flexibility index (Phi) is 4.83. The van der Waals surface area contributed by atoms with Gasteiger partial charge in [0, 0.05) is 18.3 Å². The average Bonchev–Trinajstić information content (AvgIpc) is 2.88. The summed E-state index contributed by atoms with van der Waals surface area (Å²) in [5, 5.41) is 0. The van der Waals surface area contributed by atoms with Gasteiger partial charge in [-0.25, -0.2) is 8.42 Å². The quantitative estimate of drug-likeness (QED) is 0.648. The molecule has 1 aliphatic rings. The predicted octanol–water partition coefficient (Wildman–Crippen LogP) is 2.53. The molecular formula is C15H22N2O2S. The Morgan fingerprint density at radius 3 is 2.65 bits per heavy atom. The highest BCUT2D eigenvalue weighted by atomic mass is 32.2. The first-order valence-corrected chi connectivity index (χ1v) is 8.58. The molecule has 0 amide bonds. The summed E-state index contributed by atoms with van der Waals surface area (Å²) in [4.78, 5) is 0. The van der Waals surface area contributed by atoms with E-state index in [1.54, 1.807) is 34.6 Å². The van der Waals surface area contributed by atoms with Gasteiger partial charge in [0.15, 0.2) is 0 Å². The molecule has 1 aromatic carbocycles. The Hall–Kier alpha value is -1.33. The van der Waals surface area contributed by atoms with Gasteiger partial charge in [0.1, 0.15) is 0 Å². The van der Waals surface area contributed by atoms with E-state index in [1.807, 2.05) is 0 Å². The second-order valence-electron chi connectivity index (χ2n) is 5.30. The second kappa shape index (κ2) is 6.41. The third kappa shape index (κ3) is 3.61. The Bertz CT molecular complexity index is 563. The van der Waals surface area contributed by atoms with Gasteiger partial charge in [0.05, 0.1) is 5.75 Å². The summed E-state index contributed by atoms with van der Waals surface area (Å²) < 4.78 is 26.9. The molecule has 1 saturated carbocycles. The monoisotopic (exact) mass is 294 g/mol. The molecule has 4 nitrogen and oxygen atoms in total. The number of nitrogens with two attached hydrogens (primary N) is 1. The van der Waals surface area contributed by atoms with Crippen molar-refractivity contribution in [3.8, 4) is 0 Å². The molecule has 110 valence electrons. The van der Waals surface area contributed by atoms with E-state index in [2.05, 4.69) is 6.58 Å². The molecule has 0 aliphatic heterocycles. The number of hydrogen-bond acceptors (Lipinski definition) is 3. The van der Waals surface area contributed by atoms with Crippen molar-refractivity contribution in [2.75, 3.05) is 12.3 Å². The molecule has 0 saturated heterocycles. The Morgan fingerprint density at radius 2 is 2.05 bits per heavy atom. The molecule has 0 aromatic heterocycles. The first-order valence-electron chi connectivity index (χ1n) is 6.98. The van der Waals surface area contributed by atoms with Crippen molar-refractivity contribution < 1.29 is 8.42 Å². The molecule has 1 aromatic rings. The van der Waals surface area contributed by atoms with E-state index in [0.29, 0.717) is 12.2 Å². The normalized spacial score (nSPS) is 16.6. The minimum atomic E-state index is -3.33. The van der Waals surface area contributed by atoms with Gasteiger partial charge in [-0.15, -0.1) is 6.58 Å². The van der Waals surface area contributed by atoms with Gasteiger partial charge in [0.25, 0.3) is 0 Å². The lowest BCUT2D eigenvalue weighted by atomic mass is 10.2. The van der Waals surface area contributed by atoms with Gasteiger partial charge in [0.2, 0.25) is 10.0 Å². The number of anilines is 1. The van der Waals surface area contributed by atoms with Gasteiger partial charge < -0.3 is 5.73 Å². The van der Waals surface area contributed by atoms with E-state index < -0.39 is 10.0 Å². The minimum Gasteiger partial charge on any atom is -0.399 e. The van der Waals surface area contributed by atoms with Crippen molar-refractivity contribution in [1.82, 2.24) is 4.31 Å². The number of hydrogen-bond donors (Lipinski definition) is 1. The van der Waals surface area contributed by atoms with Gasteiger partial charge in [-0.3, -0.25) is 0 Å². The summed E-state index contributed by atoms with van der Waals surface area (Å²) in [7, 11) is -3.33. The first kappa shape index (κ1) is 15.1. The van der Waals surface area contributed by atoms with Crippen LogP contribution in [0.3, 0.4) is 0 Å². The fraction of sp³-hybridized carbons (Fsp3) is 0.467. The zero-order chi connectivity index (χ0) is 14.6. The second-order valence-corrected chi connectivity index (χ2v) is 7.22. The summed E-state index contributed by atoms with van der Waals surface area (Å²) in [6, 6.07) is 7.19. The Labute approximate surface area is 121 Å². The molecule has 0 unspecified atom stereocenters. The van der Waals surface area contributed by atoms with Crippen LogP contribution in [0.4, 0.5) is 5.69 Å². The van der Waals surface area contributed by atoms with Crippen molar-refractivity contribution in [1.29, 1.82) is 0 Å². The van der Waals surface area contributed by atoms with Gasteiger partial charge in [-0.1, -0.05) is 31.1 Å². The maximum Gasteiger partial charge on any atom is 0.218 e. The van der Waals surface area contributed by atoms with Crippen molar-refractivity contribution in [3.63, 3.8) is 0 Å². The highest BCUT2D eigenvalue weighted by Gasteiger charge is 2.31. The zero-order valence-corrected chi connectivity index (χ0v) is 12.5. The Morgan fingerprint density at radius 1 is 1.35 bits per heavy atom. The fourth-order valence-electron chi connectivity index (χ4n) is 2.79. The molecule has 2 N–H and O–H groups in total. The van der Waals surface area contributed by atoms with E-state index in [4.69, 9.17) is 5.73 Å². The minimum absolute atomic E-state index is 0.00236. The SMILES string of the molecule is C=CCN(C1CCCC1)S(=O)(=O)Cc1cccc(N)c1. The fourth-order valence-corrected chi connectivity index (χ4v) is 4.55. The van der Waals surface area contributed by atoms with Crippen LogP contribution in [0.25, 0.3) is 0 Å². The number of rotatable bonds is 6. The maximum atomic E-state index is 12.6. The van der Waals surface area contributed by atoms with Crippen molar-refractivity contribution >= 4 is 15.7 Å². The summed E-state index contributed by atoms with van der Waals surface area (Å²) in [6.07, 6.45) is 5.77. The molecule has 0 atom stereocenters. The molecule has 5 heteroatoms. The molecule has 20 heavy (non-hydrogen) atoms. The van der Waals surface area contributed by atoms with Gasteiger partial charge in [-0.05, 0) is 30.5 Å². The molecule has 1 fully saturated rings. The van der Waals surface area contributed by atoms with Crippen LogP contribution in [-0.2, 0) is 15.8 Å². The largest absolute Gasteiger partial charge is 0.399 e. The molecule has 0 heterocycles. The summed E-state index contributed by atoms with van der Waals surface area (Å²) >= 11 is 0. The number of sulfonamides is 1. The van der Waals surface area contributed by atoms with Gasteiger partial charge in [-0.2, -0.15) is 4.31 Å². The van der Waals surface area contributed by atoms with E-state index in [-0.39, 0.29) is 11.8 Å². The predicted molar refractivity (Wildman–Crippen MR) is 82.6 cm³/mol. The molecular weight excluding hydrogens is 272 g/mol. The third-order valence-electron chi connectivity index (χ3n) is 3.70. The van der Waals surface area contributed by atoms with Gasteiger partial charge >= 0.3 is 0 Å². The maximum absolute atomic E-state index is 12.6. The van der Waals surface area contributed by atoms with E-state index in [0.717, 1.165) is 31.2 Å². The average molecular weight is 294 g/mol. The van der Waals surface area contributed by atoms with E-state index in [1.165, 1.54) is 0 Å². The van der Waals surface area contributed by atoms with Crippen LogP contribution in [0.15, 0.2) is 36.9 Å². The Balaban J connectivity index is 2.19.